The molecule has 8 nitrogen and oxygen atoms in total. The summed E-state index contributed by atoms with van der Waals surface area (Å²) in [6.45, 7) is 20.5. The fraction of sp³-hybridized carbons (Fsp3) is 0.860. The predicted octanol–water partition coefficient (Wildman–Crippen LogP) is 7.61. The molecule has 9 rings (SSSR count). The van der Waals surface area contributed by atoms with E-state index in [9.17, 15) is 5.11 Å². The SMILES string of the molecule is C=C1CC2CCC34CC5OC6C(O3)C(C)C(CC=CCC(O)CC3C(CC7OC(CCC1O2)CC(C)C7=C)OC(CC(C)CC)C3C)OC6C5O4. The molecule has 0 aliphatic carbocycles. The third-order valence-electron chi connectivity index (χ3n) is 14.6. The highest BCUT2D eigenvalue weighted by Gasteiger charge is 2.67. The van der Waals surface area contributed by atoms with Gasteiger partial charge in [-0.05, 0) is 92.6 Å². The maximum atomic E-state index is 11.5. The molecule has 0 radical (unpaired) electrons. The van der Waals surface area contributed by atoms with E-state index in [0.717, 1.165) is 77.0 Å². The maximum absolute atomic E-state index is 11.5. The lowest BCUT2D eigenvalue weighted by atomic mass is 9.78. The van der Waals surface area contributed by atoms with Gasteiger partial charge >= 0.3 is 0 Å². The molecule has 9 aliphatic rings. The monoisotopic (exact) mass is 710 g/mol. The third-order valence-corrected chi connectivity index (χ3v) is 14.6. The smallest absolute Gasteiger partial charge is 0.172 e. The fourth-order valence-corrected chi connectivity index (χ4v) is 11.1. The Morgan fingerprint density at radius 3 is 2.35 bits per heavy atom. The maximum Gasteiger partial charge on any atom is 0.172 e. The number of aliphatic hydroxyl groups excluding tert-OH is 1. The van der Waals surface area contributed by atoms with Crippen molar-refractivity contribution in [2.75, 3.05) is 0 Å². The number of ether oxygens (including phenoxy) is 7. The summed E-state index contributed by atoms with van der Waals surface area (Å²) in [5, 5.41) is 11.5. The number of hydrogen-bond donors (Lipinski definition) is 1. The molecule has 1 N–H and O–H groups in total. The highest BCUT2D eigenvalue weighted by Crippen LogP contribution is 2.54. The van der Waals surface area contributed by atoms with Gasteiger partial charge in [-0.2, -0.15) is 0 Å². The predicted molar refractivity (Wildman–Crippen MR) is 195 cm³/mol. The Hall–Kier alpha value is -1.10. The summed E-state index contributed by atoms with van der Waals surface area (Å²) in [6, 6.07) is 0. The van der Waals surface area contributed by atoms with Crippen LogP contribution in [0, 0.1) is 29.6 Å². The van der Waals surface area contributed by atoms with Crippen LogP contribution in [0.2, 0.25) is 0 Å². The van der Waals surface area contributed by atoms with Gasteiger partial charge < -0.3 is 38.3 Å². The number of aliphatic hydroxyl groups is 1. The van der Waals surface area contributed by atoms with Crippen LogP contribution >= 0.6 is 0 Å². The van der Waals surface area contributed by atoms with Crippen LogP contribution in [0.15, 0.2) is 36.5 Å². The summed E-state index contributed by atoms with van der Waals surface area (Å²) in [5.74, 6) is 1.15. The first kappa shape index (κ1) is 36.9. The number of rotatable bonds is 3. The lowest BCUT2D eigenvalue weighted by molar-refractivity contribution is -0.262. The van der Waals surface area contributed by atoms with Crippen molar-refractivity contribution in [3.8, 4) is 0 Å². The quantitative estimate of drug-likeness (QED) is 0.300. The van der Waals surface area contributed by atoms with E-state index in [4.69, 9.17) is 33.2 Å². The van der Waals surface area contributed by atoms with Gasteiger partial charge in [-0.3, -0.25) is 0 Å². The molecule has 19 unspecified atom stereocenters. The molecule has 0 aromatic carbocycles. The molecule has 8 fully saturated rings. The van der Waals surface area contributed by atoms with Gasteiger partial charge in [-0.25, -0.2) is 0 Å². The molecule has 9 aliphatic heterocycles. The number of fused-ring (bicyclic) bond motifs is 6. The van der Waals surface area contributed by atoms with E-state index in [2.05, 4.69) is 59.9 Å². The normalized spacial score (nSPS) is 52.2. The van der Waals surface area contributed by atoms with Crippen LogP contribution in [-0.4, -0.2) is 90.2 Å². The van der Waals surface area contributed by atoms with Gasteiger partial charge in [0, 0.05) is 25.2 Å². The Labute approximate surface area is 307 Å². The van der Waals surface area contributed by atoms with E-state index < -0.39 is 11.9 Å². The lowest BCUT2D eigenvalue weighted by Gasteiger charge is -2.42. The number of hydrogen-bond acceptors (Lipinski definition) is 8. The third kappa shape index (κ3) is 7.24. The van der Waals surface area contributed by atoms with E-state index in [1.165, 1.54) is 11.1 Å². The Bertz CT molecular complexity index is 1300. The average Bonchev–Trinajstić information content (AvgIpc) is 3.76. The summed E-state index contributed by atoms with van der Waals surface area (Å²) in [7, 11) is 0. The summed E-state index contributed by atoms with van der Waals surface area (Å²) in [6.07, 6.45) is 15.4. The van der Waals surface area contributed by atoms with Crippen molar-refractivity contribution in [1.29, 1.82) is 0 Å². The molecule has 0 saturated carbocycles. The summed E-state index contributed by atoms with van der Waals surface area (Å²) in [5.41, 5.74) is 2.39. The van der Waals surface area contributed by atoms with E-state index in [0.29, 0.717) is 24.2 Å². The van der Waals surface area contributed by atoms with Gasteiger partial charge in [0.25, 0.3) is 0 Å². The first-order valence-electron chi connectivity index (χ1n) is 20.8. The van der Waals surface area contributed by atoms with Crippen molar-refractivity contribution >= 4 is 0 Å². The molecule has 286 valence electrons. The van der Waals surface area contributed by atoms with E-state index >= 15 is 0 Å². The van der Waals surface area contributed by atoms with E-state index in [-0.39, 0.29) is 85.1 Å². The largest absolute Gasteiger partial charge is 0.393 e. The molecule has 1 spiro atoms. The zero-order valence-corrected chi connectivity index (χ0v) is 32.0. The summed E-state index contributed by atoms with van der Waals surface area (Å²) in [4.78, 5) is 0. The lowest BCUT2D eigenvalue weighted by Crippen LogP contribution is -2.54. The molecular weight excluding hydrogens is 644 g/mol. The molecule has 8 heteroatoms. The molecular formula is C43H66O8. The van der Waals surface area contributed by atoms with Gasteiger partial charge in [-0.1, -0.05) is 66.3 Å². The van der Waals surface area contributed by atoms with Crippen molar-refractivity contribution in [2.45, 2.75) is 203 Å². The van der Waals surface area contributed by atoms with Crippen molar-refractivity contribution in [1.82, 2.24) is 0 Å². The first-order chi connectivity index (χ1) is 24.5. The van der Waals surface area contributed by atoms with Crippen molar-refractivity contribution in [3.05, 3.63) is 36.5 Å². The van der Waals surface area contributed by atoms with Gasteiger partial charge in [0.2, 0.25) is 0 Å². The molecule has 8 saturated heterocycles. The van der Waals surface area contributed by atoms with E-state index in [1.807, 2.05) is 0 Å². The fourth-order valence-electron chi connectivity index (χ4n) is 11.1. The molecule has 0 aromatic rings. The molecule has 9 heterocycles. The second-order valence-corrected chi connectivity index (χ2v) is 18.2. The minimum atomic E-state index is -0.650. The molecule has 0 aromatic heterocycles. The zero-order valence-electron chi connectivity index (χ0n) is 32.0. The molecule has 0 amide bonds. The standard InChI is InChI=1S/C43H66O8/c1-8-23(2)17-35-27(6)32-20-29(44)11-9-10-12-34-28(7)39-41-42(48-34)40-38(49-41)22-43(50-39,51-40)16-15-31-19-25(4)33(45-31)14-13-30-18-24(3)26(5)36(46-30)21-37(32)47-35/h9-10,23-24,27-42,44H,4-5,8,11-22H2,1-3,6-7H3. The van der Waals surface area contributed by atoms with Gasteiger partial charge in [0.1, 0.15) is 18.3 Å². The molecule has 19 atom stereocenters. The van der Waals surface area contributed by atoms with Crippen molar-refractivity contribution in [2.24, 2.45) is 29.6 Å². The summed E-state index contributed by atoms with van der Waals surface area (Å²) < 4.78 is 47.6. The highest BCUT2D eigenvalue weighted by molar-refractivity contribution is 5.14. The zero-order chi connectivity index (χ0) is 35.6. The van der Waals surface area contributed by atoms with Crippen LogP contribution in [0.25, 0.3) is 0 Å². The van der Waals surface area contributed by atoms with Crippen LogP contribution in [-0.2, 0) is 33.2 Å². The van der Waals surface area contributed by atoms with Gasteiger partial charge in [0.05, 0.1) is 61.0 Å². The Morgan fingerprint density at radius 2 is 1.53 bits per heavy atom. The van der Waals surface area contributed by atoms with Crippen LogP contribution in [0.5, 0.6) is 0 Å². The van der Waals surface area contributed by atoms with Crippen LogP contribution in [0.3, 0.4) is 0 Å². The van der Waals surface area contributed by atoms with Crippen LogP contribution in [0.1, 0.15) is 118 Å². The van der Waals surface area contributed by atoms with Crippen LogP contribution in [0.4, 0.5) is 0 Å². The van der Waals surface area contributed by atoms with E-state index in [1.54, 1.807) is 0 Å². The minimum absolute atomic E-state index is 0.0146. The van der Waals surface area contributed by atoms with Gasteiger partial charge in [0.15, 0.2) is 5.79 Å². The first-order valence-corrected chi connectivity index (χ1v) is 20.8. The topological polar surface area (TPSA) is 84.8 Å². The Balaban J connectivity index is 1.02. The summed E-state index contributed by atoms with van der Waals surface area (Å²) >= 11 is 0. The van der Waals surface area contributed by atoms with Gasteiger partial charge in [-0.15, -0.1) is 0 Å². The Morgan fingerprint density at radius 1 is 0.784 bits per heavy atom. The Kier molecular flexibility index (Phi) is 10.7. The van der Waals surface area contributed by atoms with Crippen molar-refractivity contribution in [3.63, 3.8) is 0 Å². The minimum Gasteiger partial charge on any atom is -0.393 e. The molecule has 51 heavy (non-hydrogen) atoms. The second kappa shape index (κ2) is 14.9. The van der Waals surface area contributed by atoms with Crippen LogP contribution < -0.4 is 0 Å². The highest BCUT2D eigenvalue weighted by atomic mass is 16.8. The van der Waals surface area contributed by atoms with Crippen molar-refractivity contribution < 1.29 is 38.3 Å². The average molecular weight is 711 g/mol. The second-order valence-electron chi connectivity index (χ2n) is 18.2. The molecule has 11 bridgehead atoms.